The van der Waals surface area contributed by atoms with E-state index < -0.39 is 0 Å². The van der Waals surface area contributed by atoms with Crippen LogP contribution >= 0.6 is 0 Å². The molecule has 0 aliphatic carbocycles. The van der Waals surface area contributed by atoms with Crippen molar-refractivity contribution < 1.29 is 4.42 Å². The molecule has 1 aromatic heterocycles. The summed E-state index contributed by atoms with van der Waals surface area (Å²) in [6.07, 6.45) is 4.30. The van der Waals surface area contributed by atoms with Crippen molar-refractivity contribution in [3.8, 4) is 0 Å². The van der Waals surface area contributed by atoms with Gasteiger partial charge in [0.05, 0.1) is 6.20 Å². The number of anilines is 1. The zero-order valence-corrected chi connectivity index (χ0v) is 8.55. The first-order valence-corrected chi connectivity index (χ1v) is 5.21. The topological polar surface area (TPSA) is 50.1 Å². The molecule has 0 radical (unpaired) electrons. The molecule has 0 bridgehead atoms. The highest BCUT2D eigenvalue weighted by Crippen LogP contribution is 2.12. The zero-order valence-electron chi connectivity index (χ0n) is 8.55. The molecule has 1 aliphatic heterocycles. The van der Waals surface area contributed by atoms with Gasteiger partial charge in [-0.15, -0.1) is 0 Å². The standard InChI is InChI=1S/C10H17N3O/c1-8-5-12-10(14-8)13-7-9-3-2-4-11-6-9/h5,9,11H,2-4,6-7H2,1H3,(H,12,13). The van der Waals surface area contributed by atoms with Gasteiger partial charge < -0.3 is 15.1 Å². The maximum absolute atomic E-state index is 5.33. The van der Waals surface area contributed by atoms with E-state index in [-0.39, 0.29) is 0 Å². The van der Waals surface area contributed by atoms with E-state index in [1.54, 1.807) is 6.20 Å². The summed E-state index contributed by atoms with van der Waals surface area (Å²) in [5, 5.41) is 6.60. The van der Waals surface area contributed by atoms with E-state index in [1.165, 1.54) is 12.8 Å². The largest absolute Gasteiger partial charge is 0.429 e. The lowest BCUT2D eigenvalue weighted by Crippen LogP contribution is -2.33. The van der Waals surface area contributed by atoms with Gasteiger partial charge in [0.1, 0.15) is 5.76 Å². The Morgan fingerprint density at radius 3 is 3.29 bits per heavy atom. The van der Waals surface area contributed by atoms with Crippen LogP contribution in [0.4, 0.5) is 6.01 Å². The number of piperidine rings is 1. The maximum atomic E-state index is 5.33. The summed E-state index contributed by atoms with van der Waals surface area (Å²) in [5.41, 5.74) is 0. The molecule has 4 heteroatoms. The molecular weight excluding hydrogens is 178 g/mol. The summed E-state index contributed by atoms with van der Waals surface area (Å²) in [7, 11) is 0. The minimum atomic E-state index is 0.646. The van der Waals surface area contributed by atoms with Gasteiger partial charge in [0.15, 0.2) is 0 Å². The number of aromatic nitrogens is 1. The van der Waals surface area contributed by atoms with Crippen molar-refractivity contribution in [2.75, 3.05) is 25.0 Å². The molecule has 1 unspecified atom stereocenters. The maximum Gasteiger partial charge on any atom is 0.294 e. The van der Waals surface area contributed by atoms with Crippen LogP contribution in [0.25, 0.3) is 0 Å². The SMILES string of the molecule is Cc1cnc(NCC2CCCNC2)o1. The predicted molar refractivity (Wildman–Crippen MR) is 55.3 cm³/mol. The van der Waals surface area contributed by atoms with Crippen LogP contribution in [0, 0.1) is 12.8 Å². The Morgan fingerprint density at radius 2 is 2.64 bits per heavy atom. The molecular formula is C10H17N3O. The number of oxazole rings is 1. The summed E-state index contributed by atoms with van der Waals surface area (Å²) < 4.78 is 5.33. The van der Waals surface area contributed by atoms with E-state index in [0.717, 1.165) is 25.4 Å². The van der Waals surface area contributed by atoms with Crippen LogP contribution in [0.1, 0.15) is 18.6 Å². The first-order chi connectivity index (χ1) is 6.84. The molecule has 2 N–H and O–H groups in total. The van der Waals surface area contributed by atoms with Crippen LogP contribution in [-0.2, 0) is 0 Å². The van der Waals surface area contributed by atoms with Crippen LogP contribution in [0.5, 0.6) is 0 Å². The fourth-order valence-electron chi connectivity index (χ4n) is 1.77. The average Bonchev–Trinajstić information content (AvgIpc) is 2.63. The van der Waals surface area contributed by atoms with Gasteiger partial charge in [-0.05, 0) is 38.8 Å². The highest BCUT2D eigenvalue weighted by molar-refractivity contribution is 5.19. The fourth-order valence-corrected chi connectivity index (χ4v) is 1.77. The van der Waals surface area contributed by atoms with Crippen molar-refractivity contribution in [3.63, 3.8) is 0 Å². The minimum Gasteiger partial charge on any atom is -0.429 e. The lowest BCUT2D eigenvalue weighted by Gasteiger charge is -2.22. The zero-order chi connectivity index (χ0) is 9.80. The highest BCUT2D eigenvalue weighted by Gasteiger charge is 2.13. The molecule has 0 aromatic carbocycles. The number of hydrogen-bond acceptors (Lipinski definition) is 4. The molecule has 2 heterocycles. The Balaban J connectivity index is 1.76. The number of nitrogens with zero attached hydrogens (tertiary/aromatic N) is 1. The van der Waals surface area contributed by atoms with Crippen LogP contribution in [-0.4, -0.2) is 24.6 Å². The van der Waals surface area contributed by atoms with Crippen molar-refractivity contribution in [3.05, 3.63) is 12.0 Å². The van der Waals surface area contributed by atoms with Gasteiger partial charge >= 0.3 is 0 Å². The summed E-state index contributed by atoms with van der Waals surface area (Å²) >= 11 is 0. The smallest absolute Gasteiger partial charge is 0.294 e. The fraction of sp³-hybridized carbons (Fsp3) is 0.700. The number of aryl methyl sites for hydroxylation is 1. The minimum absolute atomic E-state index is 0.646. The predicted octanol–water partition coefficient (Wildman–Crippen LogP) is 1.39. The molecule has 4 nitrogen and oxygen atoms in total. The second-order valence-corrected chi connectivity index (χ2v) is 3.87. The van der Waals surface area contributed by atoms with Gasteiger partial charge in [0, 0.05) is 6.54 Å². The molecule has 0 spiro atoms. The van der Waals surface area contributed by atoms with Crippen molar-refractivity contribution in [1.82, 2.24) is 10.3 Å². The van der Waals surface area contributed by atoms with E-state index >= 15 is 0 Å². The number of nitrogens with one attached hydrogen (secondary N) is 2. The summed E-state index contributed by atoms with van der Waals surface area (Å²) in [6, 6.07) is 0.646. The van der Waals surface area contributed by atoms with Crippen molar-refractivity contribution in [2.24, 2.45) is 5.92 Å². The molecule has 2 rings (SSSR count). The molecule has 1 atom stereocenters. The second-order valence-electron chi connectivity index (χ2n) is 3.87. The van der Waals surface area contributed by atoms with E-state index in [1.807, 2.05) is 6.92 Å². The Labute approximate surface area is 84.1 Å². The van der Waals surface area contributed by atoms with E-state index in [9.17, 15) is 0 Å². The first kappa shape index (κ1) is 9.52. The Kier molecular flexibility index (Phi) is 3.03. The van der Waals surface area contributed by atoms with Crippen molar-refractivity contribution in [2.45, 2.75) is 19.8 Å². The lowest BCUT2D eigenvalue weighted by molar-refractivity contribution is 0.389. The Hall–Kier alpha value is -1.03. The van der Waals surface area contributed by atoms with Gasteiger partial charge in [-0.2, -0.15) is 0 Å². The number of rotatable bonds is 3. The highest BCUT2D eigenvalue weighted by atomic mass is 16.4. The molecule has 1 aromatic rings. The van der Waals surface area contributed by atoms with E-state index in [4.69, 9.17) is 4.42 Å². The third kappa shape index (κ3) is 2.48. The normalized spacial score (nSPS) is 22.2. The summed E-state index contributed by atoms with van der Waals surface area (Å²) in [4.78, 5) is 4.10. The van der Waals surface area contributed by atoms with Crippen LogP contribution in [0.2, 0.25) is 0 Å². The van der Waals surface area contributed by atoms with E-state index in [2.05, 4.69) is 15.6 Å². The third-order valence-corrected chi connectivity index (χ3v) is 2.56. The van der Waals surface area contributed by atoms with Crippen molar-refractivity contribution in [1.29, 1.82) is 0 Å². The van der Waals surface area contributed by atoms with Gasteiger partial charge in [-0.3, -0.25) is 0 Å². The Bertz CT molecular complexity index is 279. The quantitative estimate of drug-likeness (QED) is 0.765. The summed E-state index contributed by atoms with van der Waals surface area (Å²) in [6.45, 7) is 5.12. The molecule has 78 valence electrons. The molecule has 1 fully saturated rings. The van der Waals surface area contributed by atoms with Gasteiger partial charge in [-0.25, -0.2) is 4.98 Å². The Morgan fingerprint density at radius 1 is 1.71 bits per heavy atom. The van der Waals surface area contributed by atoms with Gasteiger partial charge in [0.25, 0.3) is 6.01 Å². The summed E-state index contributed by atoms with van der Waals surface area (Å²) in [5.74, 6) is 1.56. The lowest BCUT2D eigenvalue weighted by atomic mass is 10.00. The third-order valence-electron chi connectivity index (χ3n) is 2.56. The molecule has 1 aliphatic rings. The van der Waals surface area contributed by atoms with Gasteiger partial charge in [-0.1, -0.05) is 0 Å². The second kappa shape index (κ2) is 4.46. The van der Waals surface area contributed by atoms with E-state index in [0.29, 0.717) is 11.9 Å². The van der Waals surface area contributed by atoms with Crippen LogP contribution < -0.4 is 10.6 Å². The van der Waals surface area contributed by atoms with Crippen molar-refractivity contribution >= 4 is 6.01 Å². The average molecular weight is 195 g/mol. The monoisotopic (exact) mass is 195 g/mol. The van der Waals surface area contributed by atoms with Gasteiger partial charge in [0.2, 0.25) is 0 Å². The molecule has 0 amide bonds. The molecule has 0 saturated carbocycles. The van der Waals surface area contributed by atoms with Crippen LogP contribution in [0.15, 0.2) is 10.6 Å². The number of hydrogen-bond donors (Lipinski definition) is 2. The van der Waals surface area contributed by atoms with Crippen LogP contribution in [0.3, 0.4) is 0 Å². The molecule has 1 saturated heterocycles. The first-order valence-electron chi connectivity index (χ1n) is 5.21. The molecule has 14 heavy (non-hydrogen) atoms.